The molecule has 6 nitrogen and oxygen atoms in total. The van der Waals surface area contributed by atoms with Crippen LogP contribution in [0.25, 0.3) is 0 Å². The van der Waals surface area contributed by atoms with Gasteiger partial charge in [-0.2, -0.15) is 0 Å². The number of rotatable bonds is 6. The molecule has 0 spiro atoms. The van der Waals surface area contributed by atoms with Crippen LogP contribution in [0.1, 0.15) is 26.7 Å². The fourth-order valence-corrected chi connectivity index (χ4v) is 1.72. The average Bonchev–Trinajstić information content (AvgIpc) is 2.58. The van der Waals surface area contributed by atoms with Gasteiger partial charge >= 0.3 is 0 Å². The number of likely N-dealkylation sites (tertiary alicyclic amines) is 1. The van der Waals surface area contributed by atoms with Crippen molar-refractivity contribution in [2.75, 3.05) is 19.6 Å². The summed E-state index contributed by atoms with van der Waals surface area (Å²) in [4.78, 5) is 35.6. The van der Waals surface area contributed by atoms with Crippen LogP contribution in [-0.4, -0.2) is 48.3 Å². The molecule has 0 aromatic heterocycles. The molecule has 1 heterocycles. The summed E-state index contributed by atoms with van der Waals surface area (Å²) in [5, 5.41) is 5.51. The second kappa shape index (κ2) is 6.34. The number of nitrogens with one attached hydrogen (secondary N) is 2. The van der Waals surface area contributed by atoms with Crippen LogP contribution >= 0.6 is 0 Å². The molecule has 3 amide bonds. The molecule has 0 aromatic carbocycles. The summed E-state index contributed by atoms with van der Waals surface area (Å²) in [6, 6.07) is -0.546. The molecule has 1 atom stereocenters. The van der Waals surface area contributed by atoms with E-state index in [1.54, 1.807) is 6.92 Å². The quantitative estimate of drug-likeness (QED) is 0.600. The van der Waals surface area contributed by atoms with Crippen LogP contribution in [0.4, 0.5) is 0 Å². The van der Waals surface area contributed by atoms with E-state index in [1.807, 2.05) is 6.92 Å². The number of carbonyl (C=O) groups is 3. The highest BCUT2D eigenvalue weighted by Crippen LogP contribution is 2.11. The van der Waals surface area contributed by atoms with Gasteiger partial charge in [-0.3, -0.25) is 24.6 Å². The average molecular weight is 241 g/mol. The van der Waals surface area contributed by atoms with Crippen LogP contribution in [-0.2, 0) is 14.4 Å². The van der Waals surface area contributed by atoms with Gasteiger partial charge in [-0.1, -0.05) is 6.92 Å². The van der Waals surface area contributed by atoms with Gasteiger partial charge in [0.2, 0.25) is 17.7 Å². The first kappa shape index (κ1) is 13.6. The zero-order valence-electron chi connectivity index (χ0n) is 10.3. The third kappa shape index (κ3) is 3.52. The first-order valence-electron chi connectivity index (χ1n) is 5.94. The highest BCUT2D eigenvalue weighted by molar-refractivity contribution is 6.05. The van der Waals surface area contributed by atoms with Crippen molar-refractivity contribution in [2.45, 2.75) is 32.7 Å². The van der Waals surface area contributed by atoms with Gasteiger partial charge < -0.3 is 5.32 Å². The van der Waals surface area contributed by atoms with E-state index in [0.717, 1.165) is 6.42 Å². The van der Waals surface area contributed by atoms with Gasteiger partial charge in [-0.15, -0.1) is 0 Å². The summed E-state index contributed by atoms with van der Waals surface area (Å²) in [5.74, 6) is -0.563. The van der Waals surface area contributed by atoms with E-state index in [-0.39, 0.29) is 30.7 Å². The van der Waals surface area contributed by atoms with Crippen LogP contribution in [0.15, 0.2) is 0 Å². The largest absolute Gasteiger partial charge is 0.355 e. The molecule has 1 saturated heterocycles. The lowest BCUT2D eigenvalue weighted by molar-refractivity contribution is -0.138. The van der Waals surface area contributed by atoms with E-state index in [1.165, 1.54) is 4.90 Å². The minimum absolute atomic E-state index is 0.0707. The van der Waals surface area contributed by atoms with Gasteiger partial charge in [0.05, 0.1) is 19.0 Å². The number of hydrogen-bond acceptors (Lipinski definition) is 4. The predicted molar refractivity (Wildman–Crippen MR) is 62.1 cm³/mol. The number of hydrogen-bond donors (Lipinski definition) is 2. The molecular weight excluding hydrogens is 222 g/mol. The van der Waals surface area contributed by atoms with E-state index < -0.39 is 6.04 Å². The molecule has 0 aliphatic carbocycles. The third-order valence-electron chi connectivity index (χ3n) is 2.64. The van der Waals surface area contributed by atoms with E-state index in [0.29, 0.717) is 13.1 Å². The lowest BCUT2D eigenvalue weighted by Gasteiger charge is -2.12. The molecule has 6 heteroatoms. The molecule has 0 bridgehead atoms. The zero-order valence-corrected chi connectivity index (χ0v) is 10.3. The van der Waals surface area contributed by atoms with Crippen molar-refractivity contribution in [3.05, 3.63) is 0 Å². The summed E-state index contributed by atoms with van der Waals surface area (Å²) < 4.78 is 0. The van der Waals surface area contributed by atoms with Gasteiger partial charge in [-0.05, 0) is 13.3 Å². The molecular formula is C11H19N3O3. The van der Waals surface area contributed by atoms with Crippen LogP contribution in [0.2, 0.25) is 0 Å². The SMILES string of the molecule is CCCNC(=O)CNC1CC(=O)N(CC)C1=O. The molecule has 1 aliphatic rings. The fraction of sp³-hybridized carbons (Fsp3) is 0.727. The molecule has 1 unspecified atom stereocenters. The molecule has 0 aromatic rings. The maximum absolute atomic E-state index is 11.7. The Morgan fingerprint density at radius 2 is 2.12 bits per heavy atom. The van der Waals surface area contributed by atoms with Gasteiger partial charge in [0.25, 0.3) is 0 Å². The molecule has 1 rings (SSSR count). The Morgan fingerprint density at radius 1 is 1.41 bits per heavy atom. The Bertz CT molecular complexity index is 317. The van der Waals surface area contributed by atoms with Crippen LogP contribution in [0, 0.1) is 0 Å². The van der Waals surface area contributed by atoms with Crippen molar-refractivity contribution in [3.63, 3.8) is 0 Å². The minimum atomic E-state index is -0.546. The fourth-order valence-electron chi connectivity index (χ4n) is 1.72. The van der Waals surface area contributed by atoms with Crippen molar-refractivity contribution in [2.24, 2.45) is 0 Å². The molecule has 17 heavy (non-hydrogen) atoms. The molecule has 2 N–H and O–H groups in total. The Morgan fingerprint density at radius 3 is 2.65 bits per heavy atom. The monoisotopic (exact) mass is 241 g/mol. The molecule has 1 aliphatic heterocycles. The summed E-state index contributed by atoms with van der Waals surface area (Å²) in [7, 11) is 0. The number of likely N-dealkylation sites (N-methyl/N-ethyl adjacent to an activating group) is 1. The zero-order chi connectivity index (χ0) is 12.8. The van der Waals surface area contributed by atoms with Crippen molar-refractivity contribution in [3.8, 4) is 0 Å². The van der Waals surface area contributed by atoms with E-state index in [2.05, 4.69) is 10.6 Å². The third-order valence-corrected chi connectivity index (χ3v) is 2.64. The van der Waals surface area contributed by atoms with Gasteiger partial charge in [0.1, 0.15) is 0 Å². The Balaban J connectivity index is 2.36. The summed E-state index contributed by atoms with van der Waals surface area (Å²) in [6.07, 6.45) is 1.02. The van der Waals surface area contributed by atoms with Crippen molar-refractivity contribution in [1.29, 1.82) is 0 Å². The lowest BCUT2D eigenvalue weighted by Crippen LogP contribution is -2.43. The molecule has 96 valence electrons. The lowest BCUT2D eigenvalue weighted by atomic mass is 10.2. The summed E-state index contributed by atoms with van der Waals surface area (Å²) >= 11 is 0. The maximum Gasteiger partial charge on any atom is 0.246 e. The second-order valence-electron chi connectivity index (χ2n) is 3.96. The topological polar surface area (TPSA) is 78.5 Å². The van der Waals surface area contributed by atoms with E-state index in [4.69, 9.17) is 0 Å². The van der Waals surface area contributed by atoms with E-state index >= 15 is 0 Å². The molecule has 0 saturated carbocycles. The van der Waals surface area contributed by atoms with Crippen molar-refractivity contribution >= 4 is 17.7 Å². The van der Waals surface area contributed by atoms with Crippen molar-refractivity contribution < 1.29 is 14.4 Å². The Hall–Kier alpha value is -1.43. The number of amides is 3. The van der Waals surface area contributed by atoms with E-state index in [9.17, 15) is 14.4 Å². The first-order chi connectivity index (χ1) is 8.10. The smallest absolute Gasteiger partial charge is 0.246 e. The normalized spacial score (nSPS) is 19.9. The Labute approximate surface area is 101 Å². The van der Waals surface area contributed by atoms with Gasteiger partial charge in [0.15, 0.2) is 0 Å². The predicted octanol–water partition coefficient (Wildman–Crippen LogP) is -0.750. The second-order valence-corrected chi connectivity index (χ2v) is 3.96. The van der Waals surface area contributed by atoms with Crippen molar-refractivity contribution in [1.82, 2.24) is 15.5 Å². The Kier molecular flexibility index (Phi) is 5.09. The first-order valence-corrected chi connectivity index (χ1v) is 5.94. The number of nitrogens with zero attached hydrogens (tertiary/aromatic N) is 1. The van der Waals surface area contributed by atoms with Gasteiger partial charge in [-0.25, -0.2) is 0 Å². The number of imide groups is 1. The number of carbonyl (C=O) groups excluding carboxylic acids is 3. The highest BCUT2D eigenvalue weighted by Gasteiger charge is 2.37. The van der Waals surface area contributed by atoms with Crippen LogP contribution in [0.5, 0.6) is 0 Å². The van der Waals surface area contributed by atoms with Gasteiger partial charge in [0, 0.05) is 13.1 Å². The van der Waals surface area contributed by atoms with Crippen LogP contribution < -0.4 is 10.6 Å². The molecule has 0 radical (unpaired) electrons. The highest BCUT2D eigenvalue weighted by atomic mass is 16.2. The minimum Gasteiger partial charge on any atom is -0.355 e. The maximum atomic E-state index is 11.7. The van der Waals surface area contributed by atoms with Crippen LogP contribution in [0.3, 0.4) is 0 Å². The summed E-state index contributed by atoms with van der Waals surface area (Å²) in [6.45, 7) is 4.80. The standard InChI is InChI=1S/C11H19N3O3/c1-3-5-12-9(15)7-13-8-6-10(16)14(4-2)11(8)17/h8,13H,3-7H2,1-2H3,(H,12,15). The summed E-state index contributed by atoms with van der Waals surface area (Å²) in [5.41, 5.74) is 0. The molecule has 1 fully saturated rings.